The van der Waals surface area contributed by atoms with Crippen molar-refractivity contribution in [2.24, 2.45) is 5.73 Å². The van der Waals surface area contributed by atoms with Crippen LogP contribution in [0, 0.1) is 6.92 Å². The first-order valence-electron chi connectivity index (χ1n) is 5.36. The molecule has 0 bridgehead atoms. The number of carboxylic acids is 1. The van der Waals surface area contributed by atoms with E-state index in [9.17, 15) is 9.59 Å². The second kappa shape index (κ2) is 5.45. The highest BCUT2D eigenvalue weighted by Gasteiger charge is 2.13. The maximum absolute atomic E-state index is 11.6. The number of carboxylic acid groups (broad SMARTS) is 1. The van der Waals surface area contributed by atoms with Crippen LogP contribution in [0.25, 0.3) is 0 Å². The van der Waals surface area contributed by atoms with Gasteiger partial charge in [-0.3, -0.25) is 4.79 Å². The SMILES string of the molecule is CC[C@H](N)C(=O)Nc1cc(C(=O)O)ccc1C. The molecule has 0 aliphatic heterocycles. The second-order valence-electron chi connectivity index (χ2n) is 3.84. The summed E-state index contributed by atoms with van der Waals surface area (Å²) in [6.07, 6.45) is 0.531. The van der Waals surface area contributed by atoms with E-state index < -0.39 is 12.0 Å². The van der Waals surface area contributed by atoms with Crippen molar-refractivity contribution in [1.82, 2.24) is 0 Å². The van der Waals surface area contributed by atoms with Crippen molar-refractivity contribution in [1.29, 1.82) is 0 Å². The van der Waals surface area contributed by atoms with Gasteiger partial charge in [-0.05, 0) is 31.0 Å². The summed E-state index contributed by atoms with van der Waals surface area (Å²) in [5.74, 6) is -1.33. The van der Waals surface area contributed by atoms with Gasteiger partial charge in [-0.25, -0.2) is 4.79 Å². The Labute approximate surface area is 99.6 Å². The van der Waals surface area contributed by atoms with Gasteiger partial charge in [0.2, 0.25) is 5.91 Å². The third kappa shape index (κ3) is 3.29. The molecule has 4 N–H and O–H groups in total. The Morgan fingerprint density at radius 3 is 2.65 bits per heavy atom. The number of nitrogens with two attached hydrogens (primary N) is 1. The molecule has 0 aliphatic rings. The lowest BCUT2D eigenvalue weighted by molar-refractivity contribution is -0.117. The fraction of sp³-hybridized carbons (Fsp3) is 0.333. The first-order chi connectivity index (χ1) is 7.95. The van der Waals surface area contributed by atoms with Crippen molar-refractivity contribution in [3.05, 3.63) is 29.3 Å². The second-order valence-corrected chi connectivity index (χ2v) is 3.84. The molecule has 5 heteroatoms. The molecule has 5 nitrogen and oxygen atoms in total. The molecule has 0 saturated carbocycles. The Kier molecular flexibility index (Phi) is 4.23. The van der Waals surface area contributed by atoms with Gasteiger partial charge in [-0.2, -0.15) is 0 Å². The Hall–Kier alpha value is -1.88. The minimum absolute atomic E-state index is 0.135. The van der Waals surface area contributed by atoms with Crippen LogP contribution >= 0.6 is 0 Å². The van der Waals surface area contributed by atoms with Crippen molar-refractivity contribution in [2.75, 3.05) is 5.32 Å². The van der Waals surface area contributed by atoms with Crippen LogP contribution in [0.15, 0.2) is 18.2 Å². The summed E-state index contributed by atoms with van der Waals surface area (Å²) in [6, 6.07) is 3.99. The molecule has 92 valence electrons. The predicted molar refractivity (Wildman–Crippen MR) is 65.0 cm³/mol. The number of rotatable bonds is 4. The number of aromatic carboxylic acids is 1. The minimum Gasteiger partial charge on any atom is -0.478 e. The number of carbonyl (C=O) groups excluding carboxylic acids is 1. The summed E-state index contributed by atoms with van der Waals surface area (Å²) in [6.45, 7) is 3.60. The Morgan fingerprint density at radius 2 is 2.12 bits per heavy atom. The van der Waals surface area contributed by atoms with Crippen LogP contribution in [-0.4, -0.2) is 23.0 Å². The van der Waals surface area contributed by atoms with Crippen LogP contribution in [0.1, 0.15) is 29.3 Å². The van der Waals surface area contributed by atoms with Gasteiger partial charge >= 0.3 is 5.97 Å². The van der Waals surface area contributed by atoms with Gasteiger partial charge in [0.15, 0.2) is 0 Å². The molecule has 0 aliphatic carbocycles. The monoisotopic (exact) mass is 236 g/mol. The van der Waals surface area contributed by atoms with E-state index in [0.717, 1.165) is 5.56 Å². The summed E-state index contributed by atoms with van der Waals surface area (Å²) in [7, 11) is 0. The maximum Gasteiger partial charge on any atom is 0.335 e. The lowest BCUT2D eigenvalue weighted by atomic mass is 10.1. The average Bonchev–Trinajstić information content (AvgIpc) is 2.30. The van der Waals surface area contributed by atoms with Crippen LogP contribution in [0.4, 0.5) is 5.69 Å². The molecule has 0 heterocycles. The van der Waals surface area contributed by atoms with Crippen LogP contribution < -0.4 is 11.1 Å². The standard InChI is InChI=1S/C12H16N2O3/c1-3-9(13)11(15)14-10-6-8(12(16)17)5-4-7(10)2/h4-6,9H,3,13H2,1-2H3,(H,14,15)(H,16,17)/t9-/m0/s1. The highest BCUT2D eigenvalue weighted by molar-refractivity contribution is 5.97. The zero-order chi connectivity index (χ0) is 13.0. The highest BCUT2D eigenvalue weighted by Crippen LogP contribution is 2.17. The zero-order valence-electron chi connectivity index (χ0n) is 9.86. The van der Waals surface area contributed by atoms with Crippen molar-refractivity contribution < 1.29 is 14.7 Å². The summed E-state index contributed by atoms with van der Waals surface area (Å²) < 4.78 is 0. The van der Waals surface area contributed by atoms with Gasteiger partial charge in [0.05, 0.1) is 11.6 Å². The maximum atomic E-state index is 11.6. The summed E-state index contributed by atoms with van der Waals surface area (Å²) >= 11 is 0. The van der Waals surface area contributed by atoms with E-state index in [1.165, 1.54) is 12.1 Å². The van der Waals surface area contributed by atoms with Gasteiger partial charge in [-0.15, -0.1) is 0 Å². The molecule has 1 aromatic carbocycles. The third-order valence-corrected chi connectivity index (χ3v) is 2.52. The molecule has 0 radical (unpaired) electrons. The van der Waals surface area contributed by atoms with E-state index in [1.807, 2.05) is 6.92 Å². The Bertz CT molecular complexity index is 443. The molecule has 0 unspecified atom stereocenters. The molecule has 0 saturated heterocycles. The number of hydrogen-bond acceptors (Lipinski definition) is 3. The van der Waals surface area contributed by atoms with E-state index in [4.69, 9.17) is 10.8 Å². The van der Waals surface area contributed by atoms with Crippen LogP contribution in [0.2, 0.25) is 0 Å². The number of hydrogen-bond donors (Lipinski definition) is 3. The minimum atomic E-state index is -1.03. The van der Waals surface area contributed by atoms with Gasteiger partial charge < -0.3 is 16.2 Å². The molecule has 1 amide bonds. The van der Waals surface area contributed by atoms with Crippen LogP contribution in [0.5, 0.6) is 0 Å². The molecular formula is C12H16N2O3. The topological polar surface area (TPSA) is 92.4 Å². The lowest BCUT2D eigenvalue weighted by Gasteiger charge is -2.12. The third-order valence-electron chi connectivity index (χ3n) is 2.52. The summed E-state index contributed by atoms with van der Waals surface area (Å²) in [5, 5.41) is 11.5. The first-order valence-corrected chi connectivity index (χ1v) is 5.36. The number of carbonyl (C=O) groups is 2. The number of amides is 1. The molecule has 17 heavy (non-hydrogen) atoms. The normalized spacial score (nSPS) is 11.9. The lowest BCUT2D eigenvalue weighted by Crippen LogP contribution is -2.35. The van der Waals surface area contributed by atoms with Crippen molar-refractivity contribution in [3.63, 3.8) is 0 Å². The molecule has 0 aromatic heterocycles. The van der Waals surface area contributed by atoms with E-state index in [0.29, 0.717) is 12.1 Å². The van der Waals surface area contributed by atoms with E-state index in [2.05, 4.69) is 5.32 Å². The number of aryl methyl sites for hydroxylation is 1. The number of anilines is 1. The smallest absolute Gasteiger partial charge is 0.335 e. The fourth-order valence-electron chi connectivity index (χ4n) is 1.30. The quantitative estimate of drug-likeness (QED) is 0.736. The van der Waals surface area contributed by atoms with Crippen LogP contribution in [-0.2, 0) is 4.79 Å². The Balaban J connectivity index is 2.94. The number of nitrogens with one attached hydrogen (secondary N) is 1. The molecule has 1 aromatic rings. The van der Waals surface area contributed by atoms with E-state index >= 15 is 0 Å². The summed E-state index contributed by atoms with van der Waals surface area (Å²) in [4.78, 5) is 22.4. The molecular weight excluding hydrogens is 220 g/mol. The predicted octanol–water partition coefficient (Wildman–Crippen LogP) is 1.37. The zero-order valence-corrected chi connectivity index (χ0v) is 9.86. The fourth-order valence-corrected chi connectivity index (χ4v) is 1.30. The average molecular weight is 236 g/mol. The summed E-state index contributed by atoms with van der Waals surface area (Å²) in [5.41, 5.74) is 7.00. The molecule has 1 rings (SSSR count). The molecule has 0 spiro atoms. The highest BCUT2D eigenvalue weighted by atomic mass is 16.4. The number of benzene rings is 1. The van der Waals surface area contributed by atoms with Crippen molar-refractivity contribution in [2.45, 2.75) is 26.3 Å². The first kappa shape index (κ1) is 13.2. The van der Waals surface area contributed by atoms with Gasteiger partial charge in [0.1, 0.15) is 0 Å². The van der Waals surface area contributed by atoms with Gasteiger partial charge in [0, 0.05) is 5.69 Å². The van der Waals surface area contributed by atoms with Crippen molar-refractivity contribution >= 4 is 17.6 Å². The van der Waals surface area contributed by atoms with E-state index in [-0.39, 0.29) is 11.5 Å². The Morgan fingerprint density at radius 1 is 1.47 bits per heavy atom. The van der Waals surface area contributed by atoms with Gasteiger partial charge in [-0.1, -0.05) is 13.0 Å². The van der Waals surface area contributed by atoms with Crippen LogP contribution in [0.3, 0.4) is 0 Å². The molecule has 1 atom stereocenters. The largest absolute Gasteiger partial charge is 0.478 e. The molecule has 0 fully saturated rings. The van der Waals surface area contributed by atoms with Gasteiger partial charge in [0.25, 0.3) is 0 Å². The van der Waals surface area contributed by atoms with E-state index in [1.54, 1.807) is 13.0 Å². The van der Waals surface area contributed by atoms with Crippen molar-refractivity contribution in [3.8, 4) is 0 Å².